The number of aliphatic hydroxyl groups excluding tert-OH is 1. The zero-order chi connectivity index (χ0) is 13.0. The smallest absolute Gasteiger partial charge is 0.0462 e. The predicted molar refractivity (Wildman–Crippen MR) is 76.4 cm³/mol. The van der Waals surface area contributed by atoms with Crippen molar-refractivity contribution in [2.24, 2.45) is 23.7 Å². The second-order valence-corrected chi connectivity index (χ2v) is 6.59. The van der Waals surface area contributed by atoms with Crippen molar-refractivity contribution in [3.05, 3.63) is 11.6 Å². The number of aliphatic hydroxyl groups is 1. The van der Waals surface area contributed by atoms with Crippen molar-refractivity contribution in [3.63, 3.8) is 0 Å². The minimum absolute atomic E-state index is 0.384. The molecule has 0 radical (unpaired) electrons. The quantitative estimate of drug-likeness (QED) is 0.736. The Kier molecular flexibility index (Phi) is 5.25. The molecule has 2 aliphatic rings. The van der Waals surface area contributed by atoms with Gasteiger partial charge in [-0.15, -0.1) is 0 Å². The molecule has 0 spiro atoms. The molecule has 0 aromatic heterocycles. The van der Waals surface area contributed by atoms with Crippen molar-refractivity contribution in [1.82, 2.24) is 5.32 Å². The Hall–Kier alpha value is -0.340. The minimum Gasteiger partial charge on any atom is -0.396 e. The van der Waals surface area contributed by atoms with Crippen LogP contribution in [0.5, 0.6) is 0 Å². The molecule has 1 saturated carbocycles. The molecule has 0 aliphatic heterocycles. The van der Waals surface area contributed by atoms with Gasteiger partial charge in [-0.1, -0.05) is 25.0 Å². The molecule has 18 heavy (non-hydrogen) atoms. The van der Waals surface area contributed by atoms with E-state index in [9.17, 15) is 5.11 Å². The number of allylic oxidation sites excluding steroid dienone is 2. The highest BCUT2D eigenvalue weighted by atomic mass is 16.3. The highest BCUT2D eigenvalue weighted by Gasteiger charge is 2.26. The largest absolute Gasteiger partial charge is 0.396 e. The fourth-order valence-electron chi connectivity index (χ4n) is 3.94. The van der Waals surface area contributed by atoms with Crippen LogP contribution in [-0.2, 0) is 0 Å². The summed E-state index contributed by atoms with van der Waals surface area (Å²) < 4.78 is 0. The molecule has 104 valence electrons. The summed E-state index contributed by atoms with van der Waals surface area (Å²) in [5.41, 5.74) is 1.56. The Bertz CT molecular complexity index is 287. The molecule has 0 heterocycles. The Labute approximate surface area is 112 Å². The van der Waals surface area contributed by atoms with Crippen LogP contribution in [0.2, 0.25) is 0 Å². The topological polar surface area (TPSA) is 32.3 Å². The van der Waals surface area contributed by atoms with Gasteiger partial charge in [0.2, 0.25) is 0 Å². The lowest BCUT2D eigenvalue weighted by atomic mass is 9.83. The molecule has 2 aliphatic carbocycles. The van der Waals surface area contributed by atoms with Crippen LogP contribution in [0.3, 0.4) is 0 Å². The molecule has 0 aromatic rings. The Balaban J connectivity index is 1.68. The van der Waals surface area contributed by atoms with Gasteiger partial charge in [0.25, 0.3) is 0 Å². The number of hydrogen-bond acceptors (Lipinski definition) is 2. The third kappa shape index (κ3) is 3.83. The molecular weight excluding hydrogens is 222 g/mol. The third-order valence-corrected chi connectivity index (χ3v) is 4.78. The first kappa shape index (κ1) is 14.1. The average Bonchev–Trinajstić information content (AvgIpc) is 2.75. The van der Waals surface area contributed by atoms with Crippen LogP contribution in [0.1, 0.15) is 46.0 Å². The lowest BCUT2D eigenvalue weighted by molar-refractivity contribution is 0.191. The van der Waals surface area contributed by atoms with Crippen LogP contribution < -0.4 is 5.32 Å². The summed E-state index contributed by atoms with van der Waals surface area (Å²) in [5.74, 6) is 2.85. The van der Waals surface area contributed by atoms with Gasteiger partial charge in [0, 0.05) is 6.61 Å². The normalized spacial score (nSPS) is 36.7. The van der Waals surface area contributed by atoms with Crippen molar-refractivity contribution in [2.75, 3.05) is 19.7 Å². The summed E-state index contributed by atoms with van der Waals surface area (Å²) >= 11 is 0. The van der Waals surface area contributed by atoms with Gasteiger partial charge >= 0.3 is 0 Å². The monoisotopic (exact) mass is 251 g/mol. The van der Waals surface area contributed by atoms with E-state index >= 15 is 0 Å². The maximum absolute atomic E-state index is 9.32. The van der Waals surface area contributed by atoms with E-state index in [1.54, 1.807) is 5.57 Å². The van der Waals surface area contributed by atoms with E-state index in [0.29, 0.717) is 18.4 Å². The van der Waals surface area contributed by atoms with Gasteiger partial charge in [0.15, 0.2) is 0 Å². The van der Waals surface area contributed by atoms with Gasteiger partial charge < -0.3 is 10.4 Å². The second-order valence-electron chi connectivity index (χ2n) is 6.59. The van der Waals surface area contributed by atoms with Crippen molar-refractivity contribution in [3.8, 4) is 0 Å². The molecular formula is C16H29NO. The summed E-state index contributed by atoms with van der Waals surface area (Å²) in [7, 11) is 0. The highest BCUT2D eigenvalue weighted by molar-refractivity contribution is 5.06. The Morgan fingerprint density at radius 3 is 2.78 bits per heavy atom. The predicted octanol–water partition coefficient (Wildman–Crippen LogP) is 2.98. The molecule has 0 saturated heterocycles. The fraction of sp³-hybridized carbons (Fsp3) is 0.875. The molecule has 0 aromatic carbocycles. The average molecular weight is 251 g/mol. The summed E-state index contributed by atoms with van der Waals surface area (Å²) in [6, 6.07) is 0. The van der Waals surface area contributed by atoms with Crippen molar-refractivity contribution < 1.29 is 5.11 Å². The van der Waals surface area contributed by atoms with Gasteiger partial charge in [0.1, 0.15) is 0 Å². The van der Waals surface area contributed by atoms with Crippen LogP contribution in [0.15, 0.2) is 11.6 Å². The first-order valence-electron chi connectivity index (χ1n) is 7.68. The van der Waals surface area contributed by atoms with Gasteiger partial charge in [-0.05, 0) is 69.4 Å². The molecule has 0 bridgehead atoms. The molecule has 2 nitrogen and oxygen atoms in total. The second kappa shape index (κ2) is 6.72. The summed E-state index contributed by atoms with van der Waals surface area (Å²) in [4.78, 5) is 0. The molecule has 4 atom stereocenters. The van der Waals surface area contributed by atoms with E-state index in [1.807, 2.05) is 0 Å². The molecule has 2 N–H and O–H groups in total. The number of nitrogens with one attached hydrogen (secondary N) is 1. The molecule has 2 rings (SSSR count). The summed E-state index contributed by atoms with van der Waals surface area (Å²) in [5, 5.41) is 13.0. The maximum Gasteiger partial charge on any atom is 0.0462 e. The Morgan fingerprint density at radius 1 is 1.28 bits per heavy atom. The van der Waals surface area contributed by atoms with Crippen molar-refractivity contribution in [1.29, 1.82) is 0 Å². The van der Waals surface area contributed by atoms with Crippen LogP contribution in [0, 0.1) is 23.7 Å². The maximum atomic E-state index is 9.32. The van der Waals surface area contributed by atoms with E-state index in [4.69, 9.17) is 0 Å². The van der Waals surface area contributed by atoms with Gasteiger partial charge in [0.05, 0.1) is 0 Å². The molecule has 4 unspecified atom stereocenters. The van der Waals surface area contributed by atoms with Crippen molar-refractivity contribution >= 4 is 0 Å². The minimum atomic E-state index is 0.384. The van der Waals surface area contributed by atoms with Gasteiger partial charge in [-0.3, -0.25) is 0 Å². The first-order chi connectivity index (χ1) is 8.69. The van der Waals surface area contributed by atoms with Crippen molar-refractivity contribution in [2.45, 2.75) is 46.0 Å². The third-order valence-electron chi connectivity index (χ3n) is 4.78. The van der Waals surface area contributed by atoms with Crippen LogP contribution in [0.25, 0.3) is 0 Å². The van der Waals surface area contributed by atoms with Gasteiger partial charge in [-0.2, -0.15) is 0 Å². The van der Waals surface area contributed by atoms with E-state index in [-0.39, 0.29) is 0 Å². The molecule has 1 fully saturated rings. The fourth-order valence-corrected chi connectivity index (χ4v) is 3.94. The van der Waals surface area contributed by atoms with Gasteiger partial charge in [-0.25, -0.2) is 0 Å². The zero-order valence-electron chi connectivity index (χ0n) is 12.0. The number of hydrogen-bond donors (Lipinski definition) is 2. The SMILES string of the molecule is CC1=CC(C)CC(CNCC2CCCC2CO)C1. The zero-order valence-corrected chi connectivity index (χ0v) is 12.0. The molecule has 0 amide bonds. The highest BCUT2D eigenvalue weighted by Crippen LogP contribution is 2.31. The van der Waals surface area contributed by atoms with Crippen LogP contribution in [-0.4, -0.2) is 24.8 Å². The summed E-state index contributed by atoms with van der Waals surface area (Å²) in [6.45, 7) is 7.24. The van der Waals surface area contributed by atoms with E-state index in [2.05, 4.69) is 25.2 Å². The van der Waals surface area contributed by atoms with Crippen LogP contribution in [0.4, 0.5) is 0 Å². The Morgan fingerprint density at radius 2 is 2.06 bits per heavy atom. The van der Waals surface area contributed by atoms with E-state index in [0.717, 1.165) is 24.9 Å². The van der Waals surface area contributed by atoms with E-state index in [1.165, 1.54) is 32.1 Å². The van der Waals surface area contributed by atoms with E-state index < -0.39 is 0 Å². The molecule has 2 heteroatoms. The first-order valence-corrected chi connectivity index (χ1v) is 7.68. The lowest BCUT2D eigenvalue weighted by Crippen LogP contribution is -2.32. The van der Waals surface area contributed by atoms with Crippen LogP contribution >= 0.6 is 0 Å². The lowest BCUT2D eigenvalue weighted by Gasteiger charge is -2.27. The summed E-state index contributed by atoms with van der Waals surface area (Å²) in [6.07, 6.45) is 8.86. The standard InChI is InChI=1S/C16H29NO/c1-12-6-13(2)8-14(7-12)9-17-10-15-4-3-5-16(15)11-18/h6,12,14-18H,3-5,7-11H2,1-2H3. The number of rotatable bonds is 5.